The highest BCUT2D eigenvalue weighted by molar-refractivity contribution is 4.73. The maximum Gasteiger partial charge on any atom is 0.00671 e. The summed E-state index contributed by atoms with van der Waals surface area (Å²) in [6.45, 7) is 1.31. The molecule has 2 fully saturated rings. The molecule has 2 aliphatic carbocycles. The molecule has 0 saturated heterocycles. The highest BCUT2D eigenvalue weighted by Crippen LogP contribution is 2.23. The van der Waals surface area contributed by atoms with Crippen LogP contribution in [0.4, 0.5) is 0 Å². The SMILES string of the molecule is C1CCCC(CNC2CCCCCC2)CCC1. The Morgan fingerprint density at radius 2 is 1.06 bits per heavy atom. The van der Waals surface area contributed by atoms with Gasteiger partial charge in [-0.3, -0.25) is 0 Å². The number of nitrogens with one attached hydrogen (secondary N) is 1. The van der Waals surface area contributed by atoms with E-state index >= 15 is 0 Å². The Bertz CT molecular complexity index is 174. The summed E-state index contributed by atoms with van der Waals surface area (Å²) in [5, 5.41) is 3.88. The molecule has 1 heteroatoms. The van der Waals surface area contributed by atoms with E-state index in [2.05, 4.69) is 5.32 Å². The number of hydrogen-bond acceptors (Lipinski definition) is 1. The Morgan fingerprint density at radius 3 is 1.65 bits per heavy atom. The lowest BCUT2D eigenvalue weighted by molar-refractivity contribution is 0.334. The molecular weight excluding hydrogens is 206 g/mol. The van der Waals surface area contributed by atoms with Gasteiger partial charge in [-0.1, -0.05) is 57.8 Å². The maximum atomic E-state index is 3.88. The quantitative estimate of drug-likeness (QED) is 0.704. The van der Waals surface area contributed by atoms with Crippen molar-refractivity contribution in [2.24, 2.45) is 5.92 Å². The molecule has 2 rings (SSSR count). The van der Waals surface area contributed by atoms with Crippen molar-refractivity contribution in [3.8, 4) is 0 Å². The molecular formula is C16H31N. The van der Waals surface area contributed by atoms with Crippen molar-refractivity contribution in [2.45, 2.75) is 89.5 Å². The maximum absolute atomic E-state index is 3.88. The average Bonchev–Trinajstić information content (AvgIpc) is 2.56. The van der Waals surface area contributed by atoms with E-state index < -0.39 is 0 Å². The van der Waals surface area contributed by atoms with Crippen LogP contribution in [0.5, 0.6) is 0 Å². The van der Waals surface area contributed by atoms with Crippen LogP contribution >= 0.6 is 0 Å². The third-order valence-corrected chi connectivity index (χ3v) is 4.78. The van der Waals surface area contributed by atoms with Gasteiger partial charge in [-0.15, -0.1) is 0 Å². The third-order valence-electron chi connectivity index (χ3n) is 4.78. The van der Waals surface area contributed by atoms with Crippen molar-refractivity contribution in [3.05, 3.63) is 0 Å². The molecule has 2 saturated carbocycles. The van der Waals surface area contributed by atoms with Gasteiger partial charge in [0, 0.05) is 6.04 Å². The lowest BCUT2D eigenvalue weighted by Crippen LogP contribution is -2.33. The molecule has 0 aliphatic heterocycles. The minimum atomic E-state index is 0.850. The molecule has 1 nitrogen and oxygen atoms in total. The normalized spacial score (nSPS) is 26.1. The molecule has 2 aliphatic rings. The first-order valence-electron chi connectivity index (χ1n) is 8.18. The molecule has 0 heterocycles. The van der Waals surface area contributed by atoms with Gasteiger partial charge in [0.25, 0.3) is 0 Å². The fourth-order valence-electron chi connectivity index (χ4n) is 3.56. The molecule has 0 radical (unpaired) electrons. The molecule has 0 bridgehead atoms. The zero-order valence-corrected chi connectivity index (χ0v) is 11.6. The van der Waals surface area contributed by atoms with E-state index in [9.17, 15) is 0 Å². The van der Waals surface area contributed by atoms with Crippen LogP contribution in [-0.2, 0) is 0 Å². The van der Waals surface area contributed by atoms with Crippen molar-refractivity contribution >= 4 is 0 Å². The summed E-state index contributed by atoms with van der Waals surface area (Å²) in [6.07, 6.45) is 19.1. The smallest absolute Gasteiger partial charge is 0.00671 e. The highest BCUT2D eigenvalue weighted by atomic mass is 14.9. The third kappa shape index (κ3) is 5.42. The summed E-state index contributed by atoms with van der Waals surface area (Å²) in [4.78, 5) is 0. The van der Waals surface area contributed by atoms with Crippen molar-refractivity contribution in [2.75, 3.05) is 6.54 Å². The van der Waals surface area contributed by atoms with Crippen LogP contribution in [0.15, 0.2) is 0 Å². The minimum Gasteiger partial charge on any atom is -0.314 e. The van der Waals surface area contributed by atoms with E-state index in [1.54, 1.807) is 0 Å². The molecule has 17 heavy (non-hydrogen) atoms. The predicted molar refractivity (Wildman–Crippen MR) is 75.3 cm³/mol. The van der Waals surface area contributed by atoms with Crippen LogP contribution in [0.25, 0.3) is 0 Å². The summed E-state index contributed by atoms with van der Waals surface area (Å²) in [7, 11) is 0. The van der Waals surface area contributed by atoms with Crippen LogP contribution in [0, 0.1) is 5.92 Å². The van der Waals surface area contributed by atoms with E-state index in [0.717, 1.165) is 12.0 Å². The van der Waals surface area contributed by atoms with Gasteiger partial charge < -0.3 is 5.32 Å². The zero-order valence-electron chi connectivity index (χ0n) is 11.6. The fourth-order valence-corrected chi connectivity index (χ4v) is 3.56. The van der Waals surface area contributed by atoms with Crippen LogP contribution in [0.2, 0.25) is 0 Å². The van der Waals surface area contributed by atoms with Gasteiger partial charge in [-0.05, 0) is 38.1 Å². The van der Waals surface area contributed by atoms with Gasteiger partial charge in [-0.25, -0.2) is 0 Å². The second-order valence-electron chi connectivity index (χ2n) is 6.31. The van der Waals surface area contributed by atoms with Crippen molar-refractivity contribution in [1.29, 1.82) is 0 Å². The van der Waals surface area contributed by atoms with Crippen molar-refractivity contribution < 1.29 is 0 Å². The van der Waals surface area contributed by atoms with Crippen molar-refractivity contribution in [3.63, 3.8) is 0 Å². The topological polar surface area (TPSA) is 12.0 Å². The highest BCUT2D eigenvalue weighted by Gasteiger charge is 2.15. The Balaban J connectivity index is 1.64. The lowest BCUT2D eigenvalue weighted by atomic mass is 9.91. The standard InChI is InChI=1S/C16H31N/c1-2-6-10-15(11-7-3-1)14-17-16-12-8-4-5-9-13-16/h15-17H,1-14H2. The van der Waals surface area contributed by atoms with Gasteiger partial charge in [0.2, 0.25) is 0 Å². The van der Waals surface area contributed by atoms with E-state index in [0.29, 0.717) is 0 Å². The molecule has 0 spiro atoms. The summed E-state index contributed by atoms with van der Waals surface area (Å²) in [5.41, 5.74) is 0. The predicted octanol–water partition coefficient (Wildman–Crippen LogP) is 4.66. The van der Waals surface area contributed by atoms with E-state index in [-0.39, 0.29) is 0 Å². The second kappa shape index (κ2) is 8.13. The second-order valence-corrected chi connectivity index (χ2v) is 6.31. The van der Waals surface area contributed by atoms with Gasteiger partial charge in [0.05, 0.1) is 0 Å². The Hall–Kier alpha value is -0.0400. The molecule has 0 aromatic heterocycles. The van der Waals surface area contributed by atoms with E-state index in [1.807, 2.05) is 0 Å². The summed E-state index contributed by atoms with van der Waals surface area (Å²) < 4.78 is 0. The number of hydrogen-bond donors (Lipinski definition) is 1. The molecule has 0 atom stereocenters. The van der Waals surface area contributed by atoms with Gasteiger partial charge >= 0.3 is 0 Å². The van der Waals surface area contributed by atoms with Gasteiger partial charge in [0.15, 0.2) is 0 Å². The number of rotatable bonds is 3. The monoisotopic (exact) mass is 237 g/mol. The molecule has 100 valence electrons. The van der Waals surface area contributed by atoms with Crippen LogP contribution < -0.4 is 5.32 Å². The van der Waals surface area contributed by atoms with Gasteiger partial charge in [0.1, 0.15) is 0 Å². The Kier molecular flexibility index (Phi) is 6.41. The van der Waals surface area contributed by atoms with Crippen LogP contribution in [-0.4, -0.2) is 12.6 Å². The molecule has 0 unspecified atom stereocenters. The summed E-state index contributed by atoms with van der Waals surface area (Å²) in [6, 6.07) is 0.850. The Morgan fingerprint density at radius 1 is 0.588 bits per heavy atom. The Labute approximate surface area is 108 Å². The summed E-state index contributed by atoms with van der Waals surface area (Å²) >= 11 is 0. The summed E-state index contributed by atoms with van der Waals surface area (Å²) in [5.74, 6) is 0.985. The van der Waals surface area contributed by atoms with Crippen LogP contribution in [0.1, 0.15) is 83.5 Å². The lowest BCUT2D eigenvalue weighted by Gasteiger charge is -2.23. The first kappa shape index (κ1) is 13.4. The largest absolute Gasteiger partial charge is 0.314 e. The molecule has 0 aromatic rings. The van der Waals surface area contributed by atoms with E-state index in [4.69, 9.17) is 0 Å². The molecule has 0 aromatic carbocycles. The van der Waals surface area contributed by atoms with E-state index in [1.165, 1.54) is 90.0 Å². The average molecular weight is 237 g/mol. The van der Waals surface area contributed by atoms with Crippen LogP contribution in [0.3, 0.4) is 0 Å². The minimum absolute atomic E-state index is 0.850. The molecule has 0 amide bonds. The molecule has 1 N–H and O–H groups in total. The zero-order chi connectivity index (χ0) is 11.8. The van der Waals surface area contributed by atoms with Crippen molar-refractivity contribution in [1.82, 2.24) is 5.32 Å². The first-order chi connectivity index (χ1) is 8.45. The van der Waals surface area contributed by atoms with Gasteiger partial charge in [-0.2, -0.15) is 0 Å². The first-order valence-corrected chi connectivity index (χ1v) is 8.18. The fraction of sp³-hybridized carbons (Fsp3) is 1.00.